The predicted molar refractivity (Wildman–Crippen MR) is 67.4 cm³/mol. The molecule has 1 aromatic heterocycles. The maximum atomic E-state index is 12.5. The van der Waals surface area contributed by atoms with E-state index in [2.05, 4.69) is 4.98 Å². The number of halogens is 3. The van der Waals surface area contributed by atoms with Crippen molar-refractivity contribution < 1.29 is 26.1 Å². The topological polar surface area (TPSA) is 56.3 Å². The fourth-order valence-corrected chi connectivity index (χ4v) is 2.56. The minimum Gasteiger partial charge on any atom is -0.491 e. The first-order valence-corrected chi connectivity index (χ1v) is 7.55. The lowest BCUT2D eigenvalue weighted by Gasteiger charge is -2.15. The second kappa shape index (κ2) is 6.27. The Labute approximate surface area is 110 Å². The zero-order chi connectivity index (χ0) is 14.5. The normalized spacial score (nSPS) is 12.4. The molecule has 0 unspecified atom stereocenters. The lowest BCUT2D eigenvalue weighted by atomic mass is 9.81. The van der Waals surface area contributed by atoms with Crippen molar-refractivity contribution in [1.82, 2.24) is 4.98 Å². The van der Waals surface area contributed by atoms with Crippen molar-refractivity contribution in [2.24, 2.45) is 0 Å². The van der Waals surface area contributed by atoms with Crippen LogP contribution in [0.25, 0.3) is 0 Å². The molecule has 0 saturated carbocycles. The minimum atomic E-state index is -5.14. The standard InChI is InChI=1S/C10H14BF3NO3S/c1-2-4-19(16,17)5-3-18-10-6-9(7-15-8-10)11(12,13)14/h6-8H,2-5H2,1H3/q-1. The molecule has 4 nitrogen and oxygen atoms in total. The van der Waals surface area contributed by atoms with Gasteiger partial charge in [0.1, 0.15) is 12.4 Å². The Balaban J connectivity index is 2.60. The van der Waals surface area contributed by atoms with Crippen LogP contribution in [0.5, 0.6) is 5.75 Å². The maximum Gasteiger partial charge on any atom is 0.511 e. The van der Waals surface area contributed by atoms with E-state index in [1.807, 2.05) is 0 Å². The van der Waals surface area contributed by atoms with Crippen LogP contribution in [0.3, 0.4) is 0 Å². The predicted octanol–water partition coefficient (Wildman–Crippen LogP) is 1.34. The van der Waals surface area contributed by atoms with Gasteiger partial charge in [-0.2, -0.15) is 0 Å². The molecular weight excluding hydrogens is 282 g/mol. The van der Waals surface area contributed by atoms with Gasteiger partial charge < -0.3 is 17.7 Å². The van der Waals surface area contributed by atoms with Gasteiger partial charge >= 0.3 is 6.98 Å². The highest BCUT2D eigenvalue weighted by molar-refractivity contribution is 7.91. The van der Waals surface area contributed by atoms with Gasteiger partial charge in [0.05, 0.1) is 17.7 Å². The molecule has 0 atom stereocenters. The van der Waals surface area contributed by atoms with Crippen LogP contribution in [0.2, 0.25) is 0 Å². The molecule has 1 rings (SSSR count). The number of hydrogen-bond donors (Lipinski definition) is 0. The van der Waals surface area contributed by atoms with Crippen molar-refractivity contribution in [3.05, 3.63) is 18.5 Å². The van der Waals surface area contributed by atoms with Crippen molar-refractivity contribution in [2.75, 3.05) is 18.1 Å². The van der Waals surface area contributed by atoms with E-state index in [1.54, 1.807) is 6.92 Å². The molecule has 1 aromatic rings. The highest BCUT2D eigenvalue weighted by Gasteiger charge is 2.26. The highest BCUT2D eigenvalue weighted by atomic mass is 32.2. The Morgan fingerprint density at radius 2 is 1.95 bits per heavy atom. The maximum absolute atomic E-state index is 12.5. The van der Waals surface area contributed by atoms with Gasteiger partial charge in [0.15, 0.2) is 9.84 Å². The summed E-state index contributed by atoms with van der Waals surface area (Å²) in [4.78, 5) is 3.42. The number of ether oxygens (including phenoxy) is 1. The summed E-state index contributed by atoms with van der Waals surface area (Å²) in [7, 11) is -3.20. The molecule has 0 N–H and O–H groups in total. The van der Waals surface area contributed by atoms with Crippen LogP contribution in [0.15, 0.2) is 18.5 Å². The number of pyridine rings is 1. The van der Waals surface area contributed by atoms with Gasteiger partial charge in [0, 0.05) is 6.20 Å². The fraction of sp³-hybridized carbons (Fsp3) is 0.500. The fourth-order valence-electron chi connectivity index (χ4n) is 1.39. The lowest BCUT2D eigenvalue weighted by Crippen LogP contribution is -2.34. The van der Waals surface area contributed by atoms with E-state index in [0.29, 0.717) is 12.6 Å². The molecular formula is C10H14BF3NO3S-. The number of nitrogens with zero attached hydrogens (tertiary/aromatic N) is 1. The van der Waals surface area contributed by atoms with E-state index in [9.17, 15) is 21.4 Å². The van der Waals surface area contributed by atoms with Gasteiger partial charge in [-0.25, -0.2) is 8.42 Å². The van der Waals surface area contributed by atoms with Crippen molar-refractivity contribution in [2.45, 2.75) is 13.3 Å². The first kappa shape index (κ1) is 15.8. The smallest absolute Gasteiger partial charge is 0.491 e. The van der Waals surface area contributed by atoms with E-state index in [4.69, 9.17) is 4.74 Å². The van der Waals surface area contributed by atoms with Crippen molar-refractivity contribution in [3.63, 3.8) is 0 Å². The van der Waals surface area contributed by atoms with Gasteiger partial charge in [0.25, 0.3) is 0 Å². The molecule has 0 saturated heterocycles. The van der Waals surface area contributed by atoms with Crippen LogP contribution in [0.4, 0.5) is 12.9 Å². The Bertz CT molecular complexity index is 519. The Hall–Kier alpha value is -1.25. The Morgan fingerprint density at radius 3 is 2.53 bits per heavy atom. The van der Waals surface area contributed by atoms with Crippen LogP contribution in [0.1, 0.15) is 13.3 Å². The Morgan fingerprint density at radius 1 is 1.26 bits per heavy atom. The van der Waals surface area contributed by atoms with Crippen LogP contribution >= 0.6 is 0 Å². The average molecular weight is 296 g/mol. The summed E-state index contributed by atoms with van der Waals surface area (Å²) in [6.45, 7) is -3.58. The first-order valence-electron chi connectivity index (χ1n) is 5.73. The van der Waals surface area contributed by atoms with Gasteiger partial charge in [-0.1, -0.05) is 12.4 Å². The van der Waals surface area contributed by atoms with Gasteiger partial charge in [-0.15, -0.1) is 0 Å². The van der Waals surface area contributed by atoms with E-state index in [0.717, 1.165) is 12.3 Å². The summed E-state index contributed by atoms with van der Waals surface area (Å²) >= 11 is 0. The SMILES string of the molecule is CCCS(=O)(=O)CCOc1cncc([B-](F)(F)F)c1. The van der Waals surface area contributed by atoms with Crippen molar-refractivity contribution in [1.29, 1.82) is 0 Å². The third kappa shape index (κ3) is 5.50. The molecule has 0 radical (unpaired) electrons. The molecule has 0 aliphatic carbocycles. The summed E-state index contributed by atoms with van der Waals surface area (Å²) in [6, 6.07) is 0.819. The number of aromatic nitrogens is 1. The van der Waals surface area contributed by atoms with Gasteiger partial charge in [0.2, 0.25) is 0 Å². The van der Waals surface area contributed by atoms with Gasteiger partial charge in [-0.05, 0) is 12.5 Å². The van der Waals surface area contributed by atoms with Crippen molar-refractivity contribution in [3.8, 4) is 5.75 Å². The molecule has 0 spiro atoms. The number of hydrogen-bond acceptors (Lipinski definition) is 4. The first-order chi connectivity index (χ1) is 8.74. The molecule has 0 aliphatic heterocycles. The van der Waals surface area contributed by atoms with Crippen molar-refractivity contribution >= 4 is 22.3 Å². The third-order valence-electron chi connectivity index (χ3n) is 2.29. The zero-order valence-electron chi connectivity index (χ0n) is 10.4. The second-order valence-corrected chi connectivity index (χ2v) is 6.33. The third-order valence-corrected chi connectivity index (χ3v) is 4.11. The summed E-state index contributed by atoms with van der Waals surface area (Å²) in [6.07, 6.45) is 2.33. The largest absolute Gasteiger partial charge is 0.511 e. The molecule has 1 heterocycles. The number of sulfone groups is 1. The summed E-state index contributed by atoms with van der Waals surface area (Å²) in [5.74, 6) is -0.258. The van der Waals surface area contributed by atoms with E-state index < -0.39 is 22.3 Å². The van der Waals surface area contributed by atoms with Crippen LogP contribution in [-0.4, -0.2) is 38.5 Å². The highest BCUT2D eigenvalue weighted by Crippen LogP contribution is 2.13. The minimum absolute atomic E-state index is 0.0420. The summed E-state index contributed by atoms with van der Waals surface area (Å²) < 4.78 is 65.1. The summed E-state index contributed by atoms with van der Waals surface area (Å²) in [5, 5.41) is 0. The monoisotopic (exact) mass is 296 g/mol. The molecule has 0 bridgehead atoms. The van der Waals surface area contributed by atoms with E-state index in [1.165, 1.54) is 0 Å². The van der Waals surface area contributed by atoms with Gasteiger partial charge in [-0.3, -0.25) is 4.98 Å². The average Bonchev–Trinajstić information content (AvgIpc) is 2.28. The molecule has 9 heteroatoms. The van der Waals surface area contributed by atoms with E-state index >= 15 is 0 Å². The quantitative estimate of drug-likeness (QED) is 0.713. The molecule has 0 aliphatic rings. The van der Waals surface area contributed by atoms with Crippen LogP contribution in [0, 0.1) is 0 Å². The Kier molecular flexibility index (Phi) is 5.22. The lowest BCUT2D eigenvalue weighted by molar-refractivity contribution is 0.339. The molecule has 19 heavy (non-hydrogen) atoms. The molecule has 0 aromatic carbocycles. The zero-order valence-corrected chi connectivity index (χ0v) is 11.2. The molecule has 0 fully saturated rings. The van der Waals surface area contributed by atoms with E-state index in [-0.39, 0.29) is 23.9 Å². The number of rotatable bonds is 7. The molecule has 108 valence electrons. The second-order valence-electron chi connectivity index (χ2n) is 4.03. The van der Waals surface area contributed by atoms with Crippen LogP contribution < -0.4 is 10.2 Å². The van der Waals surface area contributed by atoms with Crippen LogP contribution in [-0.2, 0) is 9.84 Å². The molecule has 0 amide bonds. The summed E-state index contributed by atoms with van der Waals surface area (Å²) in [5.41, 5.74) is -0.867.